The zero-order valence-electron chi connectivity index (χ0n) is 11.9. The lowest BCUT2D eigenvalue weighted by Crippen LogP contribution is -2.23. The maximum absolute atomic E-state index is 10.6. The van der Waals surface area contributed by atoms with Crippen LogP contribution in [0.5, 0.6) is 0 Å². The van der Waals surface area contributed by atoms with E-state index in [4.69, 9.17) is 0 Å². The lowest BCUT2D eigenvalue weighted by molar-refractivity contribution is 0.0283. The van der Waals surface area contributed by atoms with Crippen LogP contribution in [-0.4, -0.2) is 5.11 Å². The van der Waals surface area contributed by atoms with E-state index in [9.17, 15) is 5.11 Å². The van der Waals surface area contributed by atoms with Gasteiger partial charge in [0.05, 0.1) is 5.60 Å². The average Bonchev–Trinajstić information content (AvgIpc) is 2.99. The summed E-state index contributed by atoms with van der Waals surface area (Å²) in [5, 5.41) is 15.9. The van der Waals surface area contributed by atoms with Crippen LogP contribution >= 0.6 is 11.3 Å². The molecule has 1 radical (unpaired) electrons. The Labute approximate surface area is 119 Å². The second-order valence-corrected chi connectivity index (χ2v) is 5.62. The molecule has 1 heterocycles. The minimum Gasteiger partial charge on any atom is -0.385 e. The van der Waals surface area contributed by atoms with E-state index in [0.29, 0.717) is 0 Å². The van der Waals surface area contributed by atoms with Crippen LogP contribution in [0.15, 0.2) is 29.6 Å². The van der Waals surface area contributed by atoms with Crippen LogP contribution in [0.3, 0.4) is 0 Å². The van der Waals surface area contributed by atoms with Gasteiger partial charge in [-0.25, -0.2) is 0 Å². The van der Waals surface area contributed by atoms with Crippen LogP contribution in [0.25, 0.3) is 11.1 Å². The van der Waals surface area contributed by atoms with Gasteiger partial charge in [-0.15, -0.1) is 11.3 Å². The van der Waals surface area contributed by atoms with Gasteiger partial charge in [0.1, 0.15) is 0 Å². The Morgan fingerprint density at radius 1 is 1.21 bits per heavy atom. The molecule has 0 amide bonds. The molecule has 2 aromatic rings. The monoisotopic (exact) mass is 273 g/mol. The summed E-state index contributed by atoms with van der Waals surface area (Å²) in [7, 11) is 0. The van der Waals surface area contributed by atoms with Gasteiger partial charge in [0, 0.05) is 5.38 Å². The molecule has 1 N–H and O–H groups in total. The summed E-state index contributed by atoms with van der Waals surface area (Å²) in [6, 6.07) is 8.41. The molecule has 0 spiro atoms. The van der Waals surface area contributed by atoms with Gasteiger partial charge in [-0.1, -0.05) is 39.0 Å². The number of thiophene rings is 1. The van der Waals surface area contributed by atoms with Crippen molar-refractivity contribution in [3.8, 4) is 11.1 Å². The van der Waals surface area contributed by atoms with E-state index in [0.717, 1.165) is 24.8 Å². The van der Waals surface area contributed by atoms with E-state index in [1.54, 1.807) is 11.3 Å². The molecule has 2 rings (SSSR count). The molecular weight excluding hydrogens is 252 g/mol. The van der Waals surface area contributed by atoms with Gasteiger partial charge >= 0.3 is 0 Å². The first kappa shape index (κ1) is 14.3. The van der Waals surface area contributed by atoms with Gasteiger partial charge in [0.2, 0.25) is 0 Å². The summed E-state index contributed by atoms with van der Waals surface area (Å²) >= 11 is 1.60. The molecule has 0 saturated heterocycles. The molecule has 0 fully saturated rings. The largest absolute Gasteiger partial charge is 0.385 e. The average molecular weight is 273 g/mol. The minimum atomic E-state index is -0.691. The first-order valence-corrected chi connectivity index (χ1v) is 7.83. The SMILES string of the molecule is CCc1cc(C(O)(CC)CC)ccc1-c1c[c]sc1. The minimum absolute atomic E-state index is 0.691. The van der Waals surface area contributed by atoms with Crippen LogP contribution < -0.4 is 0 Å². The van der Waals surface area contributed by atoms with E-state index in [-0.39, 0.29) is 0 Å². The van der Waals surface area contributed by atoms with E-state index in [2.05, 4.69) is 35.9 Å². The topological polar surface area (TPSA) is 20.2 Å². The number of hydrogen-bond donors (Lipinski definition) is 1. The van der Waals surface area contributed by atoms with Crippen molar-refractivity contribution in [2.45, 2.75) is 45.6 Å². The van der Waals surface area contributed by atoms with Crippen molar-refractivity contribution in [2.24, 2.45) is 0 Å². The summed E-state index contributed by atoms with van der Waals surface area (Å²) in [6.07, 6.45) is 2.47. The normalized spacial score (nSPS) is 11.8. The summed E-state index contributed by atoms with van der Waals surface area (Å²) in [6.45, 7) is 6.24. The van der Waals surface area contributed by atoms with E-state index < -0.39 is 5.60 Å². The fourth-order valence-corrected chi connectivity index (χ4v) is 3.07. The van der Waals surface area contributed by atoms with Crippen LogP contribution in [0.2, 0.25) is 0 Å². The van der Waals surface area contributed by atoms with Gasteiger partial charge in [-0.05, 0) is 53.0 Å². The van der Waals surface area contributed by atoms with Crippen LogP contribution in [0.4, 0.5) is 0 Å². The van der Waals surface area contributed by atoms with Crippen LogP contribution in [0, 0.1) is 5.38 Å². The molecule has 2 heteroatoms. The third-order valence-electron chi connectivity index (χ3n) is 3.97. The second kappa shape index (κ2) is 5.89. The quantitative estimate of drug-likeness (QED) is 0.830. The van der Waals surface area contributed by atoms with Gasteiger partial charge < -0.3 is 5.11 Å². The molecule has 1 nitrogen and oxygen atoms in total. The fraction of sp³-hybridized carbons (Fsp3) is 0.412. The van der Waals surface area contributed by atoms with Crippen molar-refractivity contribution in [1.82, 2.24) is 0 Å². The van der Waals surface area contributed by atoms with Crippen molar-refractivity contribution in [1.29, 1.82) is 0 Å². The number of benzene rings is 1. The first-order valence-electron chi connectivity index (χ1n) is 6.95. The number of hydrogen-bond acceptors (Lipinski definition) is 2. The predicted molar refractivity (Wildman–Crippen MR) is 82.4 cm³/mol. The highest BCUT2D eigenvalue weighted by atomic mass is 32.1. The molecule has 1 aromatic carbocycles. The zero-order chi connectivity index (χ0) is 13.9. The molecule has 0 aliphatic carbocycles. The second-order valence-electron chi connectivity index (χ2n) is 4.92. The number of aliphatic hydroxyl groups is 1. The Bertz CT molecular complexity index is 524. The molecule has 19 heavy (non-hydrogen) atoms. The summed E-state index contributed by atoms with van der Waals surface area (Å²) < 4.78 is 0. The highest BCUT2D eigenvalue weighted by Gasteiger charge is 2.25. The van der Waals surface area contributed by atoms with Crippen molar-refractivity contribution in [2.75, 3.05) is 0 Å². The Balaban J connectivity index is 2.47. The molecular formula is C17H21OS. The summed E-state index contributed by atoms with van der Waals surface area (Å²) in [5.74, 6) is 0. The Kier molecular flexibility index (Phi) is 4.43. The van der Waals surface area contributed by atoms with Gasteiger partial charge in [0.25, 0.3) is 0 Å². The first-order chi connectivity index (χ1) is 9.14. The third-order valence-corrected chi connectivity index (χ3v) is 4.60. The number of aryl methyl sites for hydroxylation is 1. The Hall–Kier alpha value is -1.12. The molecule has 0 saturated carbocycles. The van der Waals surface area contributed by atoms with Crippen LogP contribution in [-0.2, 0) is 12.0 Å². The summed E-state index contributed by atoms with van der Waals surface area (Å²) in [4.78, 5) is 0. The van der Waals surface area contributed by atoms with E-state index in [1.807, 2.05) is 19.9 Å². The van der Waals surface area contributed by atoms with Crippen molar-refractivity contribution in [3.63, 3.8) is 0 Å². The van der Waals surface area contributed by atoms with Crippen molar-refractivity contribution in [3.05, 3.63) is 46.2 Å². The maximum atomic E-state index is 10.6. The Morgan fingerprint density at radius 3 is 2.47 bits per heavy atom. The van der Waals surface area contributed by atoms with E-state index in [1.165, 1.54) is 16.7 Å². The van der Waals surface area contributed by atoms with Gasteiger partial charge in [-0.3, -0.25) is 0 Å². The van der Waals surface area contributed by atoms with Gasteiger partial charge in [-0.2, -0.15) is 0 Å². The van der Waals surface area contributed by atoms with Crippen molar-refractivity contribution >= 4 is 11.3 Å². The summed E-state index contributed by atoms with van der Waals surface area (Å²) in [5.41, 5.74) is 4.13. The molecule has 0 atom stereocenters. The standard InChI is InChI=1S/C17H21OS/c1-4-13-11-15(17(18,5-2)6-3)7-8-16(13)14-9-10-19-12-14/h7-9,11-12,18H,4-6H2,1-3H3. The maximum Gasteiger partial charge on any atom is 0.0891 e. The van der Waals surface area contributed by atoms with E-state index >= 15 is 0 Å². The predicted octanol–water partition coefficient (Wildman–Crippen LogP) is 4.79. The molecule has 1 aromatic heterocycles. The van der Waals surface area contributed by atoms with Gasteiger partial charge in [0.15, 0.2) is 0 Å². The lowest BCUT2D eigenvalue weighted by atomic mass is 9.85. The highest BCUT2D eigenvalue weighted by Crippen LogP contribution is 2.33. The number of rotatable bonds is 5. The molecule has 0 aliphatic rings. The Morgan fingerprint density at radius 2 is 1.95 bits per heavy atom. The lowest BCUT2D eigenvalue weighted by Gasteiger charge is -2.27. The molecule has 0 bridgehead atoms. The third kappa shape index (κ3) is 2.75. The van der Waals surface area contributed by atoms with Crippen molar-refractivity contribution < 1.29 is 5.11 Å². The molecule has 0 aliphatic heterocycles. The van der Waals surface area contributed by atoms with Crippen LogP contribution in [0.1, 0.15) is 44.7 Å². The smallest absolute Gasteiger partial charge is 0.0891 e. The fourth-order valence-electron chi connectivity index (χ4n) is 2.49. The highest BCUT2D eigenvalue weighted by molar-refractivity contribution is 7.07. The zero-order valence-corrected chi connectivity index (χ0v) is 12.7. The molecule has 101 valence electrons. The molecule has 0 unspecified atom stereocenters.